The topological polar surface area (TPSA) is 64.3 Å². The molecule has 17 heavy (non-hydrogen) atoms. The molecule has 0 saturated heterocycles. The Kier molecular flexibility index (Phi) is 5.74. The summed E-state index contributed by atoms with van der Waals surface area (Å²) in [6, 6.07) is 0. The summed E-state index contributed by atoms with van der Waals surface area (Å²) in [5, 5.41) is 2.26. The van der Waals surface area contributed by atoms with Crippen LogP contribution in [-0.2, 0) is 4.74 Å². The van der Waals surface area contributed by atoms with Crippen LogP contribution in [0.3, 0.4) is 0 Å². The Morgan fingerprint density at radius 2 is 1.88 bits per heavy atom. The SMILES string of the molecule is CC(C)(C)OC(=O)NCCC(CN)C(F)(F)F. The Morgan fingerprint density at radius 3 is 2.24 bits per heavy atom. The molecule has 0 aliphatic rings. The minimum absolute atomic E-state index is 0.115. The molecule has 0 spiro atoms. The van der Waals surface area contributed by atoms with E-state index < -0.39 is 30.3 Å². The van der Waals surface area contributed by atoms with Crippen LogP contribution in [-0.4, -0.2) is 31.0 Å². The van der Waals surface area contributed by atoms with E-state index in [0.29, 0.717) is 0 Å². The predicted octanol–water partition coefficient (Wildman–Crippen LogP) is 2.04. The van der Waals surface area contributed by atoms with Gasteiger partial charge in [-0.2, -0.15) is 13.2 Å². The van der Waals surface area contributed by atoms with Crippen LogP contribution in [0.15, 0.2) is 0 Å². The number of alkyl carbamates (subject to hydrolysis) is 1. The minimum Gasteiger partial charge on any atom is -0.444 e. The first-order valence-electron chi connectivity index (χ1n) is 5.30. The average molecular weight is 256 g/mol. The number of halogens is 3. The number of hydrogen-bond donors (Lipinski definition) is 2. The molecule has 1 amide bonds. The fourth-order valence-corrected chi connectivity index (χ4v) is 1.08. The van der Waals surface area contributed by atoms with Gasteiger partial charge in [-0.15, -0.1) is 0 Å². The molecule has 1 atom stereocenters. The van der Waals surface area contributed by atoms with E-state index in [1.807, 2.05) is 0 Å². The van der Waals surface area contributed by atoms with Gasteiger partial charge in [0.15, 0.2) is 0 Å². The van der Waals surface area contributed by atoms with Gasteiger partial charge in [0.05, 0.1) is 5.92 Å². The number of rotatable bonds is 4. The van der Waals surface area contributed by atoms with Crippen molar-refractivity contribution in [2.75, 3.05) is 13.1 Å². The monoisotopic (exact) mass is 256 g/mol. The van der Waals surface area contributed by atoms with E-state index in [0.717, 1.165) is 0 Å². The molecule has 0 aliphatic heterocycles. The smallest absolute Gasteiger partial charge is 0.407 e. The molecule has 0 bridgehead atoms. The molecule has 0 aromatic heterocycles. The van der Waals surface area contributed by atoms with E-state index >= 15 is 0 Å². The number of nitrogens with one attached hydrogen (secondary N) is 1. The molecule has 0 aliphatic carbocycles. The summed E-state index contributed by atoms with van der Waals surface area (Å²) in [5.41, 5.74) is 4.35. The summed E-state index contributed by atoms with van der Waals surface area (Å²) >= 11 is 0. The summed E-state index contributed by atoms with van der Waals surface area (Å²) in [4.78, 5) is 11.1. The highest BCUT2D eigenvalue weighted by molar-refractivity contribution is 5.67. The summed E-state index contributed by atoms with van der Waals surface area (Å²) in [7, 11) is 0. The van der Waals surface area contributed by atoms with Gasteiger partial charge in [-0.25, -0.2) is 4.79 Å². The highest BCUT2D eigenvalue weighted by Crippen LogP contribution is 2.27. The molecular weight excluding hydrogens is 237 g/mol. The highest BCUT2D eigenvalue weighted by atomic mass is 19.4. The molecule has 1 unspecified atom stereocenters. The molecule has 0 rings (SSSR count). The maximum atomic E-state index is 12.3. The molecule has 7 heteroatoms. The van der Waals surface area contributed by atoms with Crippen molar-refractivity contribution in [1.29, 1.82) is 0 Å². The quantitative estimate of drug-likeness (QED) is 0.809. The molecule has 0 saturated carbocycles. The zero-order chi connectivity index (χ0) is 13.7. The van der Waals surface area contributed by atoms with E-state index in [2.05, 4.69) is 5.32 Å². The first-order valence-corrected chi connectivity index (χ1v) is 5.30. The van der Waals surface area contributed by atoms with E-state index in [-0.39, 0.29) is 13.0 Å². The average Bonchev–Trinajstić information content (AvgIpc) is 2.07. The van der Waals surface area contributed by atoms with E-state index in [4.69, 9.17) is 10.5 Å². The van der Waals surface area contributed by atoms with E-state index in [9.17, 15) is 18.0 Å². The predicted molar refractivity (Wildman–Crippen MR) is 57.5 cm³/mol. The van der Waals surface area contributed by atoms with Gasteiger partial charge in [0, 0.05) is 13.1 Å². The van der Waals surface area contributed by atoms with Crippen molar-refractivity contribution in [2.24, 2.45) is 11.7 Å². The normalized spacial score (nSPS) is 14.3. The number of carbonyl (C=O) groups excluding carboxylic acids is 1. The van der Waals surface area contributed by atoms with Crippen molar-refractivity contribution in [2.45, 2.75) is 39.0 Å². The van der Waals surface area contributed by atoms with E-state index in [1.54, 1.807) is 20.8 Å². The van der Waals surface area contributed by atoms with Gasteiger partial charge in [0.1, 0.15) is 5.60 Å². The van der Waals surface area contributed by atoms with Crippen LogP contribution in [0.5, 0.6) is 0 Å². The van der Waals surface area contributed by atoms with Crippen LogP contribution < -0.4 is 11.1 Å². The van der Waals surface area contributed by atoms with Gasteiger partial charge < -0.3 is 15.8 Å². The van der Waals surface area contributed by atoms with Crippen LogP contribution in [0.1, 0.15) is 27.2 Å². The maximum Gasteiger partial charge on any atom is 0.407 e. The lowest BCUT2D eigenvalue weighted by atomic mass is 10.1. The molecule has 4 nitrogen and oxygen atoms in total. The zero-order valence-electron chi connectivity index (χ0n) is 10.2. The van der Waals surface area contributed by atoms with Gasteiger partial charge in [0.25, 0.3) is 0 Å². The van der Waals surface area contributed by atoms with E-state index in [1.165, 1.54) is 0 Å². The van der Waals surface area contributed by atoms with Gasteiger partial charge >= 0.3 is 12.3 Å². The van der Waals surface area contributed by atoms with Gasteiger partial charge in [-0.1, -0.05) is 0 Å². The third kappa shape index (κ3) is 7.84. The standard InChI is InChI=1S/C10H19F3N2O2/c1-9(2,3)17-8(16)15-5-4-7(6-14)10(11,12)13/h7H,4-6,14H2,1-3H3,(H,15,16). The number of amides is 1. The van der Waals surface area contributed by atoms with Gasteiger partial charge in [-0.3, -0.25) is 0 Å². The Bertz CT molecular complexity index is 249. The summed E-state index contributed by atoms with van der Waals surface area (Å²) in [5.74, 6) is -1.60. The summed E-state index contributed by atoms with van der Waals surface area (Å²) in [6.07, 6.45) is -5.31. The Morgan fingerprint density at radius 1 is 1.35 bits per heavy atom. The largest absolute Gasteiger partial charge is 0.444 e. The van der Waals surface area contributed by atoms with Crippen molar-refractivity contribution in [1.82, 2.24) is 5.32 Å². The lowest BCUT2D eigenvalue weighted by Gasteiger charge is -2.21. The molecular formula is C10H19F3N2O2. The van der Waals surface area contributed by atoms with Crippen molar-refractivity contribution >= 4 is 6.09 Å². The maximum absolute atomic E-state index is 12.3. The fourth-order valence-electron chi connectivity index (χ4n) is 1.08. The first kappa shape index (κ1) is 16.0. The molecule has 3 N–H and O–H groups in total. The minimum atomic E-state index is -4.33. The fraction of sp³-hybridized carbons (Fsp3) is 0.900. The number of nitrogens with two attached hydrogens (primary N) is 1. The molecule has 0 radical (unpaired) electrons. The van der Waals surface area contributed by atoms with Crippen molar-refractivity contribution in [3.63, 3.8) is 0 Å². The molecule has 0 aromatic rings. The highest BCUT2D eigenvalue weighted by Gasteiger charge is 2.37. The summed E-state index contributed by atoms with van der Waals surface area (Å²) in [6.45, 7) is 4.41. The summed E-state index contributed by atoms with van der Waals surface area (Å²) < 4.78 is 41.8. The number of carbonyl (C=O) groups is 1. The molecule has 0 heterocycles. The molecule has 102 valence electrons. The van der Waals surface area contributed by atoms with Crippen molar-refractivity contribution in [3.05, 3.63) is 0 Å². The third-order valence-electron chi connectivity index (χ3n) is 1.91. The second-order valence-corrected chi connectivity index (χ2v) is 4.69. The van der Waals surface area contributed by atoms with Crippen LogP contribution in [0.25, 0.3) is 0 Å². The van der Waals surface area contributed by atoms with Crippen LogP contribution in [0, 0.1) is 5.92 Å². The van der Waals surface area contributed by atoms with Crippen LogP contribution in [0.2, 0.25) is 0 Å². The lowest BCUT2D eigenvalue weighted by Crippen LogP contribution is -2.37. The Labute approximate surface area is 98.7 Å². The lowest BCUT2D eigenvalue weighted by molar-refractivity contribution is -0.173. The zero-order valence-corrected chi connectivity index (χ0v) is 10.2. The Balaban J connectivity index is 3.95. The van der Waals surface area contributed by atoms with Crippen LogP contribution >= 0.6 is 0 Å². The number of ether oxygens (including phenoxy) is 1. The van der Waals surface area contributed by atoms with Crippen molar-refractivity contribution in [3.8, 4) is 0 Å². The number of alkyl halides is 3. The second kappa shape index (κ2) is 6.09. The third-order valence-corrected chi connectivity index (χ3v) is 1.91. The second-order valence-electron chi connectivity index (χ2n) is 4.69. The number of hydrogen-bond acceptors (Lipinski definition) is 3. The molecule has 0 fully saturated rings. The van der Waals surface area contributed by atoms with Crippen LogP contribution in [0.4, 0.5) is 18.0 Å². The first-order chi connectivity index (χ1) is 7.56. The Hall–Kier alpha value is -0.980. The molecule has 0 aromatic carbocycles. The van der Waals surface area contributed by atoms with Crippen molar-refractivity contribution < 1.29 is 22.7 Å². The van der Waals surface area contributed by atoms with Gasteiger partial charge in [-0.05, 0) is 27.2 Å². The van der Waals surface area contributed by atoms with Gasteiger partial charge in [0.2, 0.25) is 0 Å².